The van der Waals surface area contributed by atoms with Gasteiger partial charge in [0.1, 0.15) is 0 Å². The van der Waals surface area contributed by atoms with Crippen molar-refractivity contribution in [3.8, 4) is 5.75 Å². The fourth-order valence-corrected chi connectivity index (χ4v) is 1.93. The van der Waals surface area contributed by atoms with Crippen LogP contribution in [0.15, 0.2) is 18.2 Å². The molecule has 18 heavy (non-hydrogen) atoms. The normalized spacial score (nSPS) is 14.4. The van der Waals surface area contributed by atoms with Gasteiger partial charge in [0.15, 0.2) is 11.6 Å². The molecule has 1 amide bonds. The van der Waals surface area contributed by atoms with Gasteiger partial charge >= 0.3 is 0 Å². The highest BCUT2D eigenvalue weighted by atomic mass is 19.1. The van der Waals surface area contributed by atoms with Crippen molar-refractivity contribution in [3.05, 3.63) is 29.6 Å². The Morgan fingerprint density at radius 1 is 1.56 bits per heavy atom. The molecule has 1 aliphatic carbocycles. The fraction of sp³-hybridized carbons (Fsp3) is 0.462. The third-order valence-electron chi connectivity index (χ3n) is 3.02. The van der Waals surface area contributed by atoms with E-state index in [4.69, 9.17) is 10.5 Å². The number of halogens is 1. The van der Waals surface area contributed by atoms with Gasteiger partial charge in [-0.2, -0.15) is 0 Å². The van der Waals surface area contributed by atoms with E-state index in [9.17, 15) is 9.18 Å². The molecule has 0 radical (unpaired) electrons. The average Bonchev–Trinajstić information content (AvgIpc) is 3.20. The topological polar surface area (TPSA) is 55.6 Å². The number of hydrogen-bond acceptors (Lipinski definition) is 3. The predicted octanol–water partition coefficient (Wildman–Crippen LogP) is 1.40. The van der Waals surface area contributed by atoms with Crippen molar-refractivity contribution >= 4 is 5.91 Å². The van der Waals surface area contributed by atoms with E-state index in [-0.39, 0.29) is 17.7 Å². The van der Waals surface area contributed by atoms with Gasteiger partial charge in [-0.15, -0.1) is 0 Å². The number of rotatable bonds is 5. The molecule has 0 heterocycles. The molecule has 98 valence electrons. The zero-order valence-electron chi connectivity index (χ0n) is 10.4. The Balaban J connectivity index is 2.21. The Morgan fingerprint density at radius 2 is 2.28 bits per heavy atom. The maximum Gasteiger partial charge on any atom is 0.254 e. The monoisotopic (exact) mass is 252 g/mol. The average molecular weight is 252 g/mol. The van der Waals surface area contributed by atoms with Crippen molar-refractivity contribution in [1.82, 2.24) is 4.90 Å². The summed E-state index contributed by atoms with van der Waals surface area (Å²) in [5, 5.41) is 0. The number of nitrogens with two attached hydrogens (primary N) is 1. The quantitative estimate of drug-likeness (QED) is 0.861. The highest BCUT2D eigenvalue weighted by Gasteiger charge is 2.32. The summed E-state index contributed by atoms with van der Waals surface area (Å²) in [6.45, 7) is 0.962. The van der Waals surface area contributed by atoms with Gasteiger partial charge < -0.3 is 15.4 Å². The molecule has 1 aromatic carbocycles. The zero-order valence-corrected chi connectivity index (χ0v) is 10.4. The Morgan fingerprint density at radius 3 is 2.83 bits per heavy atom. The second-order valence-electron chi connectivity index (χ2n) is 4.37. The molecule has 0 unspecified atom stereocenters. The van der Waals surface area contributed by atoms with Crippen LogP contribution >= 0.6 is 0 Å². The lowest BCUT2D eigenvalue weighted by Crippen LogP contribution is -2.37. The molecule has 5 heteroatoms. The first-order valence-electron chi connectivity index (χ1n) is 6.02. The van der Waals surface area contributed by atoms with Crippen LogP contribution in [0.3, 0.4) is 0 Å². The minimum atomic E-state index is -0.467. The molecular formula is C13H17FN2O2. The van der Waals surface area contributed by atoms with Gasteiger partial charge in [-0.05, 0) is 31.0 Å². The van der Waals surface area contributed by atoms with Crippen molar-refractivity contribution in [2.45, 2.75) is 18.9 Å². The van der Waals surface area contributed by atoms with Crippen molar-refractivity contribution < 1.29 is 13.9 Å². The van der Waals surface area contributed by atoms with Crippen molar-refractivity contribution in [1.29, 1.82) is 0 Å². The second-order valence-corrected chi connectivity index (χ2v) is 4.37. The van der Waals surface area contributed by atoms with E-state index in [0.717, 1.165) is 12.8 Å². The molecule has 0 saturated heterocycles. The molecule has 0 aliphatic heterocycles. The number of amides is 1. The van der Waals surface area contributed by atoms with Crippen LogP contribution in [0.4, 0.5) is 4.39 Å². The van der Waals surface area contributed by atoms with E-state index in [2.05, 4.69) is 0 Å². The first-order valence-corrected chi connectivity index (χ1v) is 6.02. The SMILES string of the molecule is COc1cc(C(=O)N(CCN)C2CC2)ccc1F. The summed E-state index contributed by atoms with van der Waals surface area (Å²) in [4.78, 5) is 14.0. The summed E-state index contributed by atoms with van der Waals surface area (Å²) in [5.74, 6) is -0.489. The minimum Gasteiger partial charge on any atom is -0.494 e. The van der Waals surface area contributed by atoms with Crippen LogP contribution in [0.2, 0.25) is 0 Å². The molecule has 1 fully saturated rings. The lowest BCUT2D eigenvalue weighted by molar-refractivity contribution is 0.0747. The summed E-state index contributed by atoms with van der Waals surface area (Å²) >= 11 is 0. The zero-order chi connectivity index (χ0) is 13.1. The number of hydrogen-bond donors (Lipinski definition) is 1. The molecule has 1 aliphatic rings. The molecule has 1 aromatic rings. The van der Waals surface area contributed by atoms with Crippen LogP contribution in [0.5, 0.6) is 5.75 Å². The predicted molar refractivity (Wildman–Crippen MR) is 66.1 cm³/mol. The number of benzene rings is 1. The lowest BCUT2D eigenvalue weighted by atomic mass is 10.1. The van der Waals surface area contributed by atoms with Gasteiger partial charge in [-0.25, -0.2) is 4.39 Å². The van der Waals surface area contributed by atoms with Crippen LogP contribution in [0.1, 0.15) is 23.2 Å². The first kappa shape index (κ1) is 12.8. The van der Waals surface area contributed by atoms with Crippen LogP contribution in [0, 0.1) is 5.82 Å². The first-order chi connectivity index (χ1) is 8.67. The number of methoxy groups -OCH3 is 1. The van der Waals surface area contributed by atoms with Gasteiger partial charge in [0.25, 0.3) is 5.91 Å². The van der Waals surface area contributed by atoms with E-state index in [1.54, 1.807) is 4.90 Å². The number of carbonyl (C=O) groups excluding carboxylic acids is 1. The highest BCUT2D eigenvalue weighted by molar-refractivity contribution is 5.95. The molecule has 0 atom stereocenters. The van der Waals surface area contributed by atoms with Crippen molar-refractivity contribution in [2.24, 2.45) is 5.73 Å². The maximum absolute atomic E-state index is 13.3. The van der Waals surface area contributed by atoms with Crippen LogP contribution in [-0.2, 0) is 0 Å². The van der Waals surface area contributed by atoms with Crippen LogP contribution in [-0.4, -0.2) is 37.0 Å². The van der Waals surface area contributed by atoms with E-state index in [1.165, 1.54) is 25.3 Å². The summed E-state index contributed by atoms with van der Waals surface area (Å²) in [6, 6.07) is 4.45. The Bertz CT molecular complexity index is 447. The molecule has 0 aromatic heterocycles. The van der Waals surface area contributed by atoms with Crippen molar-refractivity contribution in [2.75, 3.05) is 20.2 Å². The summed E-state index contributed by atoms with van der Waals surface area (Å²) in [6.07, 6.45) is 2.04. The van der Waals surface area contributed by atoms with Gasteiger partial charge in [0.05, 0.1) is 7.11 Å². The highest BCUT2D eigenvalue weighted by Crippen LogP contribution is 2.28. The molecule has 4 nitrogen and oxygen atoms in total. The number of nitrogens with zero attached hydrogens (tertiary/aromatic N) is 1. The van der Waals surface area contributed by atoms with E-state index in [0.29, 0.717) is 18.7 Å². The van der Waals surface area contributed by atoms with Crippen LogP contribution in [0.25, 0.3) is 0 Å². The molecule has 0 spiro atoms. The molecule has 1 saturated carbocycles. The summed E-state index contributed by atoms with van der Waals surface area (Å²) in [5.41, 5.74) is 5.95. The van der Waals surface area contributed by atoms with E-state index < -0.39 is 5.82 Å². The Labute approximate surface area is 106 Å². The molecule has 2 rings (SSSR count). The third kappa shape index (κ3) is 2.61. The fourth-order valence-electron chi connectivity index (χ4n) is 1.93. The lowest BCUT2D eigenvalue weighted by Gasteiger charge is -2.21. The summed E-state index contributed by atoms with van der Waals surface area (Å²) in [7, 11) is 1.38. The standard InChI is InChI=1S/C13H17FN2O2/c1-18-12-8-9(2-5-11(12)14)13(17)16(7-6-15)10-3-4-10/h2,5,8,10H,3-4,6-7,15H2,1H3. The number of ether oxygens (including phenoxy) is 1. The third-order valence-corrected chi connectivity index (χ3v) is 3.02. The molecular weight excluding hydrogens is 235 g/mol. The van der Waals surface area contributed by atoms with E-state index in [1.807, 2.05) is 0 Å². The van der Waals surface area contributed by atoms with Gasteiger partial charge in [-0.1, -0.05) is 0 Å². The minimum absolute atomic E-state index is 0.0874. The maximum atomic E-state index is 13.3. The molecule has 0 bridgehead atoms. The van der Waals surface area contributed by atoms with E-state index >= 15 is 0 Å². The van der Waals surface area contributed by atoms with Gasteiger partial charge in [-0.3, -0.25) is 4.79 Å². The smallest absolute Gasteiger partial charge is 0.254 e. The van der Waals surface area contributed by atoms with Crippen molar-refractivity contribution in [3.63, 3.8) is 0 Å². The molecule has 2 N–H and O–H groups in total. The Kier molecular flexibility index (Phi) is 3.81. The van der Waals surface area contributed by atoms with Gasteiger partial charge in [0.2, 0.25) is 0 Å². The van der Waals surface area contributed by atoms with Crippen LogP contribution < -0.4 is 10.5 Å². The largest absolute Gasteiger partial charge is 0.494 e. The Hall–Kier alpha value is -1.62. The second kappa shape index (κ2) is 5.35. The number of carbonyl (C=O) groups is 1. The summed E-state index contributed by atoms with van der Waals surface area (Å²) < 4.78 is 18.2. The van der Waals surface area contributed by atoms with Gasteiger partial charge in [0, 0.05) is 24.7 Å².